The minimum atomic E-state index is -4.98. The number of nitrogens with zero attached hydrogens (tertiary/aromatic N) is 1. The summed E-state index contributed by atoms with van der Waals surface area (Å²) in [6.07, 6.45) is -3.59. The van der Waals surface area contributed by atoms with Crippen LogP contribution in [0.5, 0.6) is 17.2 Å². The highest BCUT2D eigenvalue weighted by Gasteiger charge is 2.33. The van der Waals surface area contributed by atoms with Crippen LogP contribution in [0.15, 0.2) is 53.5 Å². The second-order valence-corrected chi connectivity index (χ2v) is 7.29. The van der Waals surface area contributed by atoms with Crippen molar-refractivity contribution < 1.29 is 27.4 Å². The molecule has 0 saturated heterocycles. The molecule has 0 aliphatic heterocycles. The van der Waals surface area contributed by atoms with Crippen LogP contribution in [0.2, 0.25) is 10.0 Å². The number of fused-ring (bicyclic) bond motifs is 1. The molecule has 0 radical (unpaired) electrons. The lowest BCUT2D eigenvalue weighted by atomic mass is 10.2. The number of aromatic amines is 2. The molecule has 2 aromatic carbocycles. The van der Waals surface area contributed by atoms with Gasteiger partial charge < -0.3 is 19.8 Å². The molecule has 0 spiro atoms. The first-order valence-corrected chi connectivity index (χ1v) is 9.76. The van der Waals surface area contributed by atoms with Crippen molar-refractivity contribution in [2.45, 2.75) is 6.36 Å². The van der Waals surface area contributed by atoms with E-state index in [0.717, 1.165) is 12.1 Å². The van der Waals surface area contributed by atoms with E-state index in [0.29, 0.717) is 0 Å². The Labute approximate surface area is 192 Å². The Bertz CT molecular complexity index is 1420. The van der Waals surface area contributed by atoms with Crippen LogP contribution in [0.4, 0.5) is 18.9 Å². The van der Waals surface area contributed by atoms with Crippen molar-refractivity contribution in [3.8, 4) is 17.2 Å². The van der Waals surface area contributed by atoms with Gasteiger partial charge in [0, 0.05) is 18.3 Å². The van der Waals surface area contributed by atoms with Gasteiger partial charge in [-0.05, 0) is 18.2 Å². The Kier molecular flexibility index (Phi) is 5.91. The van der Waals surface area contributed by atoms with Gasteiger partial charge in [-0.2, -0.15) is 0 Å². The number of rotatable bonds is 5. The molecular formula is C20H11Cl2F3N4O4. The van der Waals surface area contributed by atoms with Crippen molar-refractivity contribution >= 4 is 46.0 Å². The SMILES string of the molecule is O=C(Nc1cc(Oc2ccnc3[nH]c(=O)[nH]c23)c(Cl)cc1Cl)c1ccccc1OC(F)(F)F. The lowest BCUT2D eigenvalue weighted by Gasteiger charge is -2.15. The third-order valence-electron chi connectivity index (χ3n) is 4.23. The van der Waals surface area contributed by atoms with Gasteiger partial charge >= 0.3 is 12.1 Å². The fraction of sp³-hybridized carbons (Fsp3) is 0.0500. The van der Waals surface area contributed by atoms with Crippen molar-refractivity contribution in [1.29, 1.82) is 0 Å². The van der Waals surface area contributed by atoms with Crippen LogP contribution >= 0.6 is 23.2 Å². The largest absolute Gasteiger partial charge is 0.573 e. The van der Waals surface area contributed by atoms with Gasteiger partial charge in [-0.25, -0.2) is 9.78 Å². The third kappa shape index (κ3) is 5.04. The molecule has 2 aromatic heterocycles. The topological polar surface area (TPSA) is 109 Å². The minimum Gasteiger partial charge on any atom is -0.453 e. The number of pyridine rings is 1. The molecule has 0 saturated carbocycles. The van der Waals surface area contributed by atoms with E-state index in [-0.39, 0.29) is 44.0 Å². The summed E-state index contributed by atoms with van der Waals surface area (Å²) in [6.45, 7) is 0. The summed E-state index contributed by atoms with van der Waals surface area (Å²) in [6, 6.07) is 8.87. The standard InChI is InChI=1S/C20H11Cl2F3N4O4/c21-10-7-11(22)15(32-14-5-6-26-17-16(14)28-19(31)29-17)8-12(10)27-18(30)9-3-1-2-4-13(9)33-20(23,24)25/h1-8H,(H,27,30)(H2,26,28,29,31). The van der Waals surface area contributed by atoms with Crippen LogP contribution < -0.4 is 20.5 Å². The zero-order valence-electron chi connectivity index (χ0n) is 16.1. The summed E-state index contributed by atoms with van der Waals surface area (Å²) in [5, 5.41) is 2.49. The fourth-order valence-corrected chi connectivity index (χ4v) is 3.35. The van der Waals surface area contributed by atoms with Crippen LogP contribution in [0.3, 0.4) is 0 Å². The zero-order valence-corrected chi connectivity index (χ0v) is 17.6. The number of imidazole rings is 1. The number of halogens is 5. The Morgan fingerprint density at radius 1 is 1.00 bits per heavy atom. The molecule has 33 heavy (non-hydrogen) atoms. The molecule has 4 aromatic rings. The van der Waals surface area contributed by atoms with Crippen molar-refractivity contribution in [1.82, 2.24) is 15.0 Å². The number of nitrogens with one attached hydrogen (secondary N) is 3. The number of benzene rings is 2. The van der Waals surface area contributed by atoms with Gasteiger partial charge in [0.15, 0.2) is 11.4 Å². The Balaban J connectivity index is 1.64. The zero-order chi connectivity index (χ0) is 23.8. The molecule has 13 heteroatoms. The van der Waals surface area contributed by atoms with Crippen LogP contribution in [0.1, 0.15) is 10.4 Å². The number of amides is 1. The van der Waals surface area contributed by atoms with E-state index in [9.17, 15) is 22.8 Å². The predicted octanol–water partition coefficient (Wildman–Crippen LogP) is 5.50. The van der Waals surface area contributed by atoms with Crippen LogP contribution in [-0.4, -0.2) is 27.2 Å². The van der Waals surface area contributed by atoms with Crippen LogP contribution in [-0.2, 0) is 0 Å². The molecule has 1 amide bonds. The number of alkyl halides is 3. The molecule has 0 unspecified atom stereocenters. The van der Waals surface area contributed by atoms with Crippen molar-refractivity contribution in [3.05, 3.63) is 74.8 Å². The van der Waals surface area contributed by atoms with Gasteiger partial charge in [0.25, 0.3) is 5.91 Å². The first kappa shape index (κ1) is 22.5. The summed E-state index contributed by atoms with van der Waals surface area (Å²) in [4.78, 5) is 33.2. The van der Waals surface area contributed by atoms with Crippen molar-refractivity contribution in [2.75, 3.05) is 5.32 Å². The summed E-state index contributed by atoms with van der Waals surface area (Å²) < 4.78 is 47.6. The summed E-state index contributed by atoms with van der Waals surface area (Å²) in [5.41, 5.74) is -0.335. The lowest BCUT2D eigenvalue weighted by Crippen LogP contribution is -2.21. The van der Waals surface area contributed by atoms with Gasteiger partial charge in [0.1, 0.15) is 17.0 Å². The number of H-pyrrole nitrogens is 2. The normalized spacial score (nSPS) is 11.4. The molecule has 0 atom stereocenters. The van der Waals surface area contributed by atoms with Crippen molar-refractivity contribution in [2.24, 2.45) is 0 Å². The average Bonchev–Trinajstić information content (AvgIpc) is 3.12. The molecule has 0 fully saturated rings. The Morgan fingerprint density at radius 3 is 2.52 bits per heavy atom. The number of aromatic nitrogens is 3. The maximum atomic E-state index is 12.7. The lowest BCUT2D eigenvalue weighted by molar-refractivity contribution is -0.274. The van der Waals surface area contributed by atoms with E-state index in [4.69, 9.17) is 27.9 Å². The van der Waals surface area contributed by atoms with Gasteiger partial charge in [-0.3, -0.25) is 9.78 Å². The van der Waals surface area contributed by atoms with Crippen LogP contribution in [0.25, 0.3) is 11.2 Å². The van der Waals surface area contributed by atoms with Gasteiger partial charge in [0.05, 0.1) is 21.3 Å². The molecule has 8 nitrogen and oxygen atoms in total. The molecule has 170 valence electrons. The number of carbonyl (C=O) groups excluding carboxylic acids is 1. The first-order chi connectivity index (χ1) is 15.6. The number of para-hydroxylation sites is 1. The number of anilines is 1. The molecule has 3 N–H and O–H groups in total. The second kappa shape index (κ2) is 8.68. The number of carbonyl (C=O) groups is 1. The van der Waals surface area contributed by atoms with E-state index in [1.165, 1.54) is 36.5 Å². The quantitative estimate of drug-likeness (QED) is 0.336. The molecule has 0 aliphatic carbocycles. The first-order valence-electron chi connectivity index (χ1n) is 9.01. The van der Waals surface area contributed by atoms with Gasteiger partial charge in [0.2, 0.25) is 0 Å². The van der Waals surface area contributed by atoms with E-state index < -0.39 is 23.7 Å². The van der Waals surface area contributed by atoms with Gasteiger partial charge in [-0.1, -0.05) is 35.3 Å². The molecule has 0 bridgehead atoms. The monoisotopic (exact) mass is 498 g/mol. The Morgan fingerprint density at radius 2 is 1.76 bits per heavy atom. The molecular weight excluding hydrogens is 488 g/mol. The predicted molar refractivity (Wildman–Crippen MR) is 114 cm³/mol. The maximum absolute atomic E-state index is 12.7. The van der Waals surface area contributed by atoms with Crippen molar-refractivity contribution in [3.63, 3.8) is 0 Å². The highest BCUT2D eigenvalue weighted by molar-refractivity contribution is 6.37. The van der Waals surface area contributed by atoms with Gasteiger partial charge in [-0.15, -0.1) is 13.2 Å². The number of hydrogen-bond acceptors (Lipinski definition) is 5. The highest BCUT2D eigenvalue weighted by Crippen LogP contribution is 2.38. The van der Waals surface area contributed by atoms with E-state index in [1.807, 2.05) is 0 Å². The highest BCUT2D eigenvalue weighted by atomic mass is 35.5. The van der Waals surface area contributed by atoms with E-state index >= 15 is 0 Å². The molecule has 4 rings (SSSR count). The summed E-state index contributed by atoms with van der Waals surface area (Å²) in [7, 11) is 0. The molecule has 2 heterocycles. The number of hydrogen-bond donors (Lipinski definition) is 3. The second-order valence-electron chi connectivity index (χ2n) is 6.47. The third-order valence-corrected chi connectivity index (χ3v) is 4.84. The smallest absolute Gasteiger partial charge is 0.453 e. The van der Waals surface area contributed by atoms with Crippen LogP contribution in [0, 0.1) is 0 Å². The number of ether oxygens (including phenoxy) is 2. The minimum absolute atomic E-state index is 0.00449. The average molecular weight is 499 g/mol. The summed E-state index contributed by atoms with van der Waals surface area (Å²) >= 11 is 12.3. The van der Waals surface area contributed by atoms with E-state index in [1.54, 1.807) is 0 Å². The maximum Gasteiger partial charge on any atom is 0.573 e. The Hall–Kier alpha value is -3.70. The fourth-order valence-electron chi connectivity index (χ4n) is 2.88. The van der Waals surface area contributed by atoms with E-state index in [2.05, 4.69) is 25.0 Å². The molecule has 0 aliphatic rings. The summed E-state index contributed by atoms with van der Waals surface area (Å²) in [5.74, 6) is -1.35.